The number of hydrogen-bond acceptors (Lipinski definition) is 3. The molecule has 6 heteroatoms. The lowest BCUT2D eigenvalue weighted by Gasteiger charge is -2.38. The van der Waals surface area contributed by atoms with Crippen molar-refractivity contribution in [2.45, 2.75) is 52.0 Å². The molecule has 0 bridgehead atoms. The van der Waals surface area contributed by atoms with Gasteiger partial charge in [0, 0.05) is 28.9 Å². The van der Waals surface area contributed by atoms with Crippen LogP contribution >= 0.6 is 22.9 Å². The standard InChI is InChI=1S/C25H31ClN2O2S/c1-17(2)15-27(25(30)19-5-3-4-6-19)16-23(29)28-13-11-22-21(12-14-31-22)24(28)18-7-9-20(26)10-8-18/h7-10,12,14,17,19,24H,3-6,11,13,15-16H2,1-2H3. The molecular weight excluding hydrogens is 428 g/mol. The van der Waals surface area contributed by atoms with Crippen LogP contribution in [0.5, 0.6) is 0 Å². The maximum atomic E-state index is 13.6. The number of hydrogen-bond donors (Lipinski definition) is 0. The van der Waals surface area contributed by atoms with Crippen molar-refractivity contribution in [1.82, 2.24) is 9.80 Å². The number of fused-ring (bicyclic) bond motifs is 1. The van der Waals surface area contributed by atoms with Crippen LogP contribution in [0, 0.1) is 11.8 Å². The molecule has 1 unspecified atom stereocenters. The number of nitrogens with zero attached hydrogens (tertiary/aromatic N) is 2. The van der Waals surface area contributed by atoms with Crippen LogP contribution in [0.1, 0.15) is 61.6 Å². The summed E-state index contributed by atoms with van der Waals surface area (Å²) in [5.74, 6) is 0.609. The predicted molar refractivity (Wildman–Crippen MR) is 126 cm³/mol. The Balaban J connectivity index is 1.58. The Hall–Kier alpha value is -1.85. The van der Waals surface area contributed by atoms with E-state index in [0.29, 0.717) is 24.0 Å². The molecule has 0 N–H and O–H groups in total. The molecule has 0 radical (unpaired) electrons. The molecule has 0 saturated heterocycles. The van der Waals surface area contributed by atoms with Crippen LogP contribution in [-0.2, 0) is 16.0 Å². The number of halogens is 1. The quantitative estimate of drug-likeness (QED) is 0.569. The fourth-order valence-corrected chi connectivity index (χ4v) is 5.98. The molecule has 2 aromatic rings. The second-order valence-electron chi connectivity index (χ2n) is 9.18. The predicted octanol–water partition coefficient (Wildman–Crippen LogP) is 5.55. The van der Waals surface area contributed by atoms with Crippen molar-refractivity contribution in [2.75, 3.05) is 19.6 Å². The van der Waals surface area contributed by atoms with E-state index in [4.69, 9.17) is 11.6 Å². The molecule has 1 aliphatic heterocycles. The normalized spacial score (nSPS) is 19.0. The summed E-state index contributed by atoms with van der Waals surface area (Å²) in [5.41, 5.74) is 2.26. The minimum absolute atomic E-state index is 0.0313. The third-order valence-corrected chi connectivity index (χ3v) is 7.65. The smallest absolute Gasteiger partial charge is 0.242 e. The van der Waals surface area contributed by atoms with Gasteiger partial charge < -0.3 is 9.80 Å². The van der Waals surface area contributed by atoms with Crippen molar-refractivity contribution in [2.24, 2.45) is 11.8 Å². The summed E-state index contributed by atoms with van der Waals surface area (Å²) in [4.78, 5) is 31.9. The zero-order valence-electron chi connectivity index (χ0n) is 18.4. The largest absolute Gasteiger partial charge is 0.333 e. The van der Waals surface area contributed by atoms with Gasteiger partial charge in [-0.3, -0.25) is 9.59 Å². The summed E-state index contributed by atoms with van der Waals surface area (Å²) in [6.07, 6.45) is 5.01. The Kier molecular flexibility index (Phi) is 7.02. The van der Waals surface area contributed by atoms with Gasteiger partial charge >= 0.3 is 0 Å². The number of carbonyl (C=O) groups excluding carboxylic acids is 2. The minimum Gasteiger partial charge on any atom is -0.333 e. The Labute approximate surface area is 194 Å². The van der Waals surface area contributed by atoms with Crippen molar-refractivity contribution in [3.05, 3.63) is 56.7 Å². The molecule has 2 aliphatic rings. The molecule has 0 spiro atoms. The van der Waals surface area contributed by atoms with Gasteiger partial charge in [-0.2, -0.15) is 0 Å². The van der Waals surface area contributed by atoms with Crippen LogP contribution in [-0.4, -0.2) is 41.2 Å². The molecule has 1 saturated carbocycles. The third kappa shape index (κ3) is 4.98. The van der Waals surface area contributed by atoms with Crippen molar-refractivity contribution in [1.29, 1.82) is 0 Å². The summed E-state index contributed by atoms with van der Waals surface area (Å²) in [6.45, 7) is 5.68. The molecule has 1 aromatic heterocycles. The van der Waals surface area contributed by atoms with E-state index in [1.807, 2.05) is 34.1 Å². The summed E-state index contributed by atoms with van der Waals surface area (Å²) in [7, 11) is 0. The van der Waals surface area contributed by atoms with Crippen molar-refractivity contribution < 1.29 is 9.59 Å². The first kappa shape index (κ1) is 22.3. The first-order valence-electron chi connectivity index (χ1n) is 11.3. The first-order chi connectivity index (χ1) is 14.9. The summed E-state index contributed by atoms with van der Waals surface area (Å²) in [6, 6.07) is 9.80. The van der Waals surface area contributed by atoms with Crippen LogP contribution < -0.4 is 0 Å². The highest BCUT2D eigenvalue weighted by Gasteiger charge is 2.35. The van der Waals surface area contributed by atoms with Gasteiger partial charge in [-0.15, -0.1) is 11.3 Å². The van der Waals surface area contributed by atoms with Crippen LogP contribution in [0.2, 0.25) is 5.02 Å². The molecule has 1 aliphatic carbocycles. The number of benzene rings is 1. The minimum atomic E-state index is -0.123. The van der Waals surface area contributed by atoms with E-state index < -0.39 is 0 Å². The van der Waals surface area contributed by atoms with Crippen LogP contribution in [0.15, 0.2) is 35.7 Å². The molecule has 1 aromatic carbocycles. The van der Waals surface area contributed by atoms with Gasteiger partial charge in [0.2, 0.25) is 11.8 Å². The van der Waals surface area contributed by atoms with Gasteiger partial charge in [-0.1, -0.05) is 50.4 Å². The monoisotopic (exact) mass is 458 g/mol. The molecule has 4 rings (SSSR count). The van der Waals surface area contributed by atoms with Crippen LogP contribution in [0.25, 0.3) is 0 Å². The van der Waals surface area contributed by atoms with Crippen LogP contribution in [0.3, 0.4) is 0 Å². The van der Waals surface area contributed by atoms with Gasteiger partial charge in [-0.05, 0) is 59.9 Å². The van der Waals surface area contributed by atoms with Crippen molar-refractivity contribution in [3.63, 3.8) is 0 Å². The highest BCUT2D eigenvalue weighted by atomic mass is 35.5. The van der Waals surface area contributed by atoms with Gasteiger partial charge in [0.05, 0.1) is 12.6 Å². The van der Waals surface area contributed by atoms with E-state index in [1.54, 1.807) is 11.3 Å². The van der Waals surface area contributed by atoms with Gasteiger partial charge in [0.25, 0.3) is 0 Å². The highest BCUT2D eigenvalue weighted by molar-refractivity contribution is 7.10. The topological polar surface area (TPSA) is 40.6 Å². The Morgan fingerprint density at radius 1 is 1.16 bits per heavy atom. The number of carbonyl (C=O) groups is 2. The zero-order valence-corrected chi connectivity index (χ0v) is 19.9. The molecular formula is C25H31ClN2O2S. The Morgan fingerprint density at radius 3 is 2.55 bits per heavy atom. The van der Waals surface area contributed by atoms with Gasteiger partial charge in [0.1, 0.15) is 0 Å². The molecule has 166 valence electrons. The highest BCUT2D eigenvalue weighted by Crippen LogP contribution is 2.38. The Morgan fingerprint density at radius 2 is 1.87 bits per heavy atom. The van der Waals surface area contributed by atoms with E-state index in [-0.39, 0.29) is 30.3 Å². The van der Waals surface area contributed by atoms with Crippen molar-refractivity contribution in [3.8, 4) is 0 Å². The molecule has 1 atom stereocenters. The van der Waals surface area contributed by atoms with Gasteiger partial charge in [-0.25, -0.2) is 0 Å². The number of amides is 2. The third-order valence-electron chi connectivity index (χ3n) is 6.40. The molecule has 2 amide bonds. The number of thiophene rings is 1. The van der Waals surface area contributed by atoms with E-state index >= 15 is 0 Å². The maximum Gasteiger partial charge on any atom is 0.242 e. The second kappa shape index (κ2) is 9.74. The summed E-state index contributed by atoms with van der Waals surface area (Å²) < 4.78 is 0. The SMILES string of the molecule is CC(C)CN(CC(=O)N1CCc2sccc2C1c1ccc(Cl)cc1)C(=O)C1CCCC1. The summed E-state index contributed by atoms with van der Waals surface area (Å²) >= 11 is 7.88. The molecule has 31 heavy (non-hydrogen) atoms. The van der Waals surface area contributed by atoms with E-state index in [2.05, 4.69) is 25.3 Å². The fourth-order valence-electron chi connectivity index (χ4n) is 4.95. The van der Waals surface area contributed by atoms with Gasteiger partial charge in [0.15, 0.2) is 0 Å². The lowest BCUT2D eigenvalue weighted by Crippen LogP contribution is -2.48. The van der Waals surface area contributed by atoms with E-state index in [0.717, 1.165) is 37.7 Å². The lowest BCUT2D eigenvalue weighted by atomic mass is 9.93. The first-order valence-corrected chi connectivity index (χ1v) is 12.6. The molecule has 2 heterocycles. The average Bonchev–Trinajstić information content (AvgIpc) is 3.44. The fraction of sp³-hybridized carbons (Fsp3) is 0.520. The summed E-state index contributed by atoms with van der Waals surface area (Å²) in [5, 5.41) is 2.80. The second-order valence-corrected chi connectivity index (χ2v) is 10.6. The molecule has 1 fully saturated rings. The number of rotatable bonds is 6. The lowest BCUT2D eigenvalue weighted by molar-refractivity contribution is -0.144. The van der Waals surface area contributed by atoms with E-state index in [9.17, 15) is 9.59 Å². The van der Waals surface area contributed by atoms with E-state index in [1.165, 1.54) is 10.4 Å². The maximum absolute atomic E-state index is 13.6. The van der Waals surface area contributed by atoms with Crippen LogP contribution in [0.4, 0.5) is 0 Å². The molecule has 4 nitrogen and oxygen atoms in total. The average molecular weight is 459 g/mol. The Bertz CT molecular complexity index is 918. The zero-order chi connectivity index (χ0) is 22.0. The van der Waals surface area contributed by atoms with Crippen molar-refractivity contribution >= 4 is 34.8 Å².